The Labute approximate surface area is 90.4 Å². The number of hydrogen-bond donors (Lipinski definition) is 1. The summed E-state index contributed by atoms with van der Waals surface area (Å²) in [5, 5.41) is 3.36. The van der Waals surface area contributed by atoms with Gasteiger partial charge in [-0.2, -0.15) is 0 Å². The third-order valence-electron chi connectivity index (χ3n) is 2.52. The summed E-state index contributed by atoms with van der Waals surface area (Å²) in [5.74, 6) is 0.966. The lowest BCUT2D eigenvalue weighted by Crippen LogP contribution is -2.35. The number of rotatable bonds is 3. The lowest BCUT2D eigenvalue weighted by atomic mass is 10.1. The number of hydrogen-bond acceptors (Lipinski definition) is 3. The van der Waals surface area contributed by atoms with Crippen molar-refractivity contribution in [2.75, 3.05) is 25.1 Å². The van der Waals surface area contributed by atoms with Crippen molar-refractivity contribution in [2.24, 2.45) is 0 Å². The van der Waals surface area contributed by atoms with E-state index in [1.54, 1.807) is 0 Å². The third-order valence-corrected chi connectivity index (χ3v) is 2.52. The van der Waals surface area contributed by atoms with Crippen LogP contribution in [0.3, 0.4) is 0 Å². The fourth-order valence-electron chi connectivity index (χ4n) is 1.72. The molecule has 0 aromatic heterocycles. The number of para-hydroxylation sites is 1. The number of nitrogens with one attached hydrogen (secondary N) is 1. The second-order valence-corrected chi connectivity index (χ2v) is 3.73. The Morgan fingerprint density at radius 3 is 3.20 bits per heavy atom. The molecule has 1 aliphatic rings. The number of aryl methyl sites for hydroxylation is 1. The van der Waals surface area contributed by atoms with E-state index in [9.17, 15) is 0 Å². The van der Waals surface area contributed by atoms with Crippen LogP contribution >= 0.6 is 0 Å². The van der Waals surface area contributed by atoms with Crippen molar-refractivity contribution in [3.8, 4) is 5.75 Å². The summed E-state index contributed by atoms with van der Waals surface area (Å²) in [6, 6.07) is 6.14. The van der Waals surface area contributed by atoms with Crippen LogP contribution in [0.25, 0.3) is 0 Å². The summed E-state index contributed by atoms with van der Waals surface area (Å²) in [7, 11) is 0. The quantitative estimate of drug-likeness (QED) is 0.824. The van der Waals surface area contributed by atoms with Crippen molar-refractivity contribution >= 4 is 5.69 Å². The number of benzene rings is 1. The molecule has 1 N–H and O–H groups in total. The van der Waals surface area contributed by atoms with Crippen LogP contribution in [-0.2, 0) is 4.74 Å². The SMILES string of the molecule is CCOCC1CNc2cccc(C)c2O1. The van der Waals surface area contributed by atoms with E-state index in [1.807, 2.05) is 19.1 Å². The minimum atomic E-state index is 0.124. The van der Waals surface area contributed by atoms with Crippen molar-refractivity contribution < 1.29 is 9.47 Å². The highest BCUT2D eigenvalue weighted by atomic mass is 16.5. The van der Waals surface area contributed by atoms with Crippen LogP contribution in [0.1, 0.15) is 12.5 Å². The van der Waals surface area contributed by atoms with Crippen LogP contribution in [-0.4, -0.2) is 25.9 Å². The minimum Gasteiger partial charge on any atom is -0.484 e. The summed E-state index contributed by atoms with van der Waals surface area (Å²) in [5.41, 5.74) is 2.25. The van der Waals surface area contributed by atoms with Gasteiger partial charge in [0.15, 0.2) is 0 Å². The predicted octanol–water partition coefficient (Wildman–Crippen LogP) is 2.20. The molecule has 82 valence electrons. The van der Waals surface area contributed by atoms with E-state index in [0.29, 0.717) is 6.61 Å². The van der Waals surface area contributed by atoms with E-state index in [-0.39, 0.29) is 6.10 Å². The van der Waals surface area contributed by atoms with Crippen LogP contribution in [0.15, 0.2) is 18.2 Å². The Morgan fingerprint density at radius 1 is 1.53 bits per heavy atom. The van der Waals surface area contributed by atoms with Gasteiger partial charge in [0.1, 0.15) is 11.9 Å². The molecule has 1 aromatic rings. The fourth-order valence-corrected chi connectivity index (χ4v) is 1.72. The first-order chi connectivity index (χ1) is 7.31. The second kappa shape index (κ2) is 4.53. The maximum atomic E-state index is 5.88. The van der Waals surface area contributed by atoms with Gasteiger partial charge in [-0.3, -0.25) is 0 Å². The topological polar surface area (TPSA) is 30.5 Å². The molecule has 3 nitrogen and oxygen atoms in total. The summed E-state index contributed by atoms with van der Waals surface area (Å²) < 4.78 is 11.2. The van der Waals surface area contributed by atoms with Gasteiger partial charge in [0.25, 0.3) is 0 Å². The normalized spacial score (nSPS) is 18.9. The highest BCUT2D eigenvalue weighted by Gasteiger charge is 2.20. The Bertz CT molecular complexity index is 338. The van der Waals surface area contributed by atoms with Crippen molar-refractivity contribution in [1.82, 2.24) is 0 Å². The van der Waals surface area contributed by atoms with Gasteiger partial charge < -0.3 is 14.8 Å². The molecule has 0 saturated heterocycles. The maximum absolute atomic E-state index is 5.88. The first-order valence-corrected chi connectivity index (χ1v) is 5.39. The maximum Gasteiger partial charge on any atom is 0.145 e. The van der Waals surface area contributed by atoms with Crippen LogP contribution in [0.2, 0.25) is 0 Å². The molecule has 0 fully saturated rings. The summed E-state index contributed by atoms with van der Waals surface area (Å²) in [4.78, 5) is 0. The van der Waals surface area contributed by atoms with Gasteiger partial charge in [0, 0.05) is 6.61 Å². The lowest BCUT2D eigenvalue weighted by molar-refractivity contribution is 0.0595. The van der Waals surface area contributed by atoms with Gasteiger partial charge in [-0.25, -0.2) is 0 Å². The molecule has 0 amide bonds. The minimum absolute atomic E-state index is 0.124. The van der Waals surface area contributed by atoms with E-state index < -0.39 is 0 Å². The molecule has 2 rings (SSSR count). The van der Waals surface area contributed by atoms with Crippen LogP contribution in [0.5, 0.6) is 5.75 Å². The van der Waals surface area contributed by atoms with Gasteiger partial charge >= 0.3 is 0 Å². The van der Waals surface area contributed by atoms with Crippen molar-refractivity contribution in [2.45, 2.75) is 20.0 Å². The lowest BCUT2D eigenvalue weighted by Gasteiger charge is -2.28. The first kappa shape index (κ1) is 10.3. The Balaban J connectivity index is 2.08. The van der Waals surface area contributed by atoms with Crippen molar-refractivity contribution in [1.29, 1.82) is 0 Å². The molecule has 1 aliphatic heterocycles. The van der Waals surface area contributed by atoms with Gasteiger partial charge in [-0.05, 0) is 25.5 Å². The summed E-state index contributed by atoms with van der Waals surface area (Å²) in [6.45, 7) is 6.26. The second-order valence-electron chi connectivity index (χ2n) is 3.73. The summed E-state index contributed by atoms with van der Waals surface area (Å²) in [6.07, 6.45) is 0.124. The Morgan fingerprint density at radius 2 is 2.40 bits per heavy atom. The van der Waals surface area contributed by atoms with Crippen molar-refractivity contribution in [3.63, 3.8) is 0 Å². The smallest absolute Gasteiger partial charge is 0.145 e. The zero-order valence-electron chi connectivity index (χ0n) is 9.25. The van der Waals surface area contributed by atoms with E-state index in [0.717, 1.165) is 24.6 Å². The van der Waals surface area contributed by atoms with Crippen molar-refractivity contribution in [3.05, 3.63) is 23.8 Å². The fraction of sp³-hybridized carbons (Fsp3) is 0.500. The molecule has 1 atom stereocenters. The molecule has 0 spiro atoms. The zero-order valence-corrected chi connectivity index (χ0v) is 9.25. The molecular weight excluding hydrogens is 190 g/mol. The molecule has 1 unspecified atom stereocenters. The zero-order chi connectivity index (χ0) is 10.7. The molecule has 1 heterocycles. The largest absolute Gasteiger partial charge is 0.484 e. The predicted molar refractivity (Wildman–Crippen MR) is 60.6 cm³/mol. The third kappa shape index (κ3) is 2.23. The molecule has 1 aromatic carbocycles. The standard InChI is InChI=1S/C12H17NO2/c1-3-14-8-10-7-13-11-6-4-5-9(2)12(11)15-10/h4-6,10,13H,3,7-8H2,1-2H3. The highest BCUT2D eigenvalue weighted by Crippen LogP contribution is 2.32. The summed E-state index contributed by atoms with van der Waals surface area (Å²) >= 11 is 0. The first-order valence-electron chi connectivity index (χ1n) is 5.39. The Hall–Kier alpha value is -1.22. The molecule has 0 bridgehead atoms. The van der Waals surface area contributed by atoms with E-state index in [4.69, 9.17) is 9.47 Å². The van der Waals surface area contributed by atoms with Gasteiger partial charge in [0.05, 0.1) is 18.8 Å². The van der Waals surface area contributed by atoms with Crippen LogP contribution < -0.4 is 10.1 Å². The average Bonchev–Trinajstić information content (AvgIpc) is 2.27. The highest BCUT2D eigenvalue weighted by molar-refractivity contribution is 5.61. The van der Waals surface area contributed by atoms with E-state index in [1.165, 1.54) is 5.56 Å². The molecule has 15 heavy (non-hydrogen) atoms. The number of fused-ring (bicyclic) bond motifs is 1. The van der Waals surface area contributed by atoms with Gasteiger partial charge in [0.2, 0.25) is 0 Å². The van der Waals surface area contributed by atoms with Crippen LogP contribution in [0, 0.1) is 6.92 Å². The molecule has 0 saturated carbocycles. The molecule has 3 heteroatoms. The number of anilines is 1. The molecule has 0 aliphatic carbocycles. The van der Waals surface area contributed by atoms with Gasteiger partial charge in [-0.15, -0.1) is 0 Å². The molecular formula is C12H17NO2. The van der Waals surface area contributed by atoms with Crippen LogP contribution in [0.4, 0.5) is 5.69 Å². The monoisotopic (exact) mass is 207 g/mol. The van der Waals surface area contributed by atoms with E-state index in [2.05, 4.69) is 18.3 Å². The average molecular weight is 207 g/mol. The van der Waals surface area contributed by atoms with Gasteiger partial charge in [-0.1, -0.05) is 12.1 Å². The Kier molecular flexibility index (Phi) is 3.11. The molecule has 0 radical (unpaired) electrons. The van der Waals surface area contributed by atoms with E-state index >= 15 is 0 Å². The number of ether oxygens (including phenoxy) is 2.